The maximum atomic E-state index is 13.1. The molecule has 0 aliphatic carbocycles. The first-order chi connectivity index (χ1) is 12.0. The average Bonchev–Trinajstić information content (AvgIpc) is 2.92. The van der Waals surface area contributed by atoms with Crippen LogP contribution in [0.15, 0.2) is 22.6 Å². The van der Waals surface area contributed by atoms with Crippen LogP contribution in [0.5, 0.6) is 0 Å². The van der Waals surface area contributed by atoms with Crippen LogP contribution in [-0.4, -0.2) is 47.7 Å². The van der Waals surface area contributed by atoms with E-state index in [9.17, 15) is 9.59 Å². The van der Waals surface area contributed by atoms with E-state index >= 15 is 0 Å². The molecular weight excluding hydrogens is 346 g/mol. The zero-order chi connectivity index (χ0) is 18.0. The molecule has 0 atom stereocenters. The average molecular weight is 366 g/mol. The highest BCUT2D eigenvalue weighted by Crippen LogP contribution is 2.29. The lowest BCUT2D eigenvalue weighted by Crippen LogP contribution is -2.44. The first kappa shape index (κ1) is 17.8. The molecule has 1 fully saturated rings. The van der Waals surface area contributed by atoms with Gasteiger partial charge >= 0.3 is 5.97 Å². The van der Waals surface area contributed by atoms with Crippen molar-refractivity contribution in [1.82, 2.24) is 4.90 Å². The van der Waals surface area contributed by atoms with Crippen LogP contribution in [0, 0.1) is 6.92 Å². The molecule has 1 amide bonds. The van der Waals surface area contributed by atoms with Gasteiger partial charge < -0.3 is 19.2 Å². The molecule has 1 saturated heterocycles. The Labute approximate surface area is 150 Å². The van der Waals surface area contributed by atoms with Crippen molar-refractivity contribution in [3.8, 4) is 0 Å². The van der Waals surface area contributed by atoms with Crippen molar-refractivity contribution in [3.63, 3.8) is 0 Å². The molecule has 134 valence electrons. The third-order valence-corrected chi connectivity index (χ3v) is 4.79. The number of rotatable bonds is 5. The fraction of sp³-hybridized carbons (Fsp3) is 0.444. The van der Waals surface area contributed by atoms with E-state index in [1.165, 1.54) is 0 Å². The molecule has 7 heteroatoms. The van der Waals surface area contributed by atoms with Gasteiger partial charge in [-0.15, -0.1) is 0 Å². The Hall–Kier alpha value is -2.05. The Balaban J connectivity index is 1.93. The third kappa shape index (κ3) is 3.80. The van der Waals surface area contributed by atoms with Gasteiger partial charge in [0.15, 0.2) is 5.76 Å². The number of aliphatic carboxylic acids is 1. The van der Waals surface area contributed by atoms with E-state index in [1.807, 2.05) is 6.92 Å². The number of benzene rings is 1. The Bertz CT molecular complexity index is 794. The molecule has 0 bridgehead atoms. The number of carbonyl (C=O) groups excluding carboxylic acids is 1. The number of halogens is 1. The minimum absolute atomic E-state index is 0.0446. The van der Waals surface area contributed by atoms with Crippen molar-refractivity contribution in [2.24, 2.45) is 0 Å². The Morgan fingerprint density at radius 1 is 1.32 bits per heavy atom. The SMILES string of the molecule is Cc1c(C(=O)N(CCC(=O)O)C2CCOCC2)oc2ccc(Cl)cc12. The second-order valence-electron chi connectivity index (χ2n) is 6.18. The number of ether oxygens (including phenoxy) is 1. The molecule has 1 aromatic carbocycles. The van der Waals surface area contributed by atoms with Gasteiger partial charge in [0.1, 0.15) is 5.58 Å². The summed E-state index contributed by atoms with van der Waals surface area (Å²) >= 11 is 6.03. The topological polar surface area (TPSA) is 80.0 Å². The van der Waals surface area contributed by atoms with E-state index in [4.69, 9.17) is 25.9 Å². The summed E-state index contributed by atoms with van der Waals surface area (Å²) in [7, 11) is 0. The fourth-order valence-corrected chi connectivity index (χ4v) is 3.36. The van der Waals surface area contributed by atoms with Crippen molar-refractivity contribution in [2.45, 2.75) is 32.2 Å². The lowest BCUT2D eigenvalue weighted by molar-refractivity contribution is -0.137. The van der Waals surface area contributed by atoms with E-state index in [0.717, 1.165) is 10.9 Å². The highest BCUT2D eigenvalue weighted by atomic mass is 35.5. The number of carbonyl (C=O) groups is 2. The number of nitrogens with zero attached hydrogens (tertiary/aromatic N) is 1. The molecular formula is C18H20ClNO5. The largest absolute Gasteiger partial charge is 0.481 e. The van der Waals surface area contributed by atoms with Crippen LogP contribution in [0.25, 0.3) is 11.0 Å². The van der Waals surface area contributed by atoms with Gasteiger partial charge in [-0.25, -0.2) is 0 Å². The summed E-state index contributed by atoms with van der Waals surface area (Å²) in [6.07, 6.45) is 1.28. The van der Waals surface area contributed by atoms with Gasteiger partial charge in [-0.05, 0) is 38.0 Å². The molecule has 0 saturated carbocycles. The Kier molecular flexibility index (Phi) is 5.30. The molecule has 0 radical (unpaired) electrons. The summed E-state index contributed by atoms with van der Waals surface area (Å²) in [6, 6.07) is 5.17. The minimum Gasteiger partial charge on any atom is -0.481 e. The number of fused-ring (bicyclic) bond motifs is 1. The van der Waals surface area contributed by atoms with Crippen LogP contribution < -0.4 is 0 Å². The standard InChI is InChI=1S/C18H20ClNO5/c1-11-14-10-12(19)2-3-15(14)25-17(11)18(23)20(7-4-16(21)22)13-5-8-24-9-6-13/h2-3,10,13H,4-9H2,1H3,(H,21,22). The monoisotopic (exact) mass is 365 g/mol. The zero-order valence-corrected chi connectivity index (χ0v) is 14.7. The first-order valence-electron chi connectivity index (χ1n) is 8.26. The van der Waals surface area contributed by atoms with Gasteiger partial charge in [-0.2, -0.15) is 0 Å². The summed E-state index contributed by atoms with van der Waals surface area (Å²) in [5.74, 6) is -0.968. The van der Waals surface area contributed by atoms with Crippen LogP contribution in [-0.2, 0) is 9.53 Å². The van der Waals surface area contributed by atoms with Crippen molar-refractivity contribution in [3.05, 3.63) is 34.5 Å². The third-order valence-electron chi connectivity index (χ3n) is 4.55. The van der Waals surface area contributed by atoms with E-state index in [0.29, 0.717) is 36.7 Å². The van der Waals surface area contributed by atoms with Gasteiger partial charge in [0.25, 0.3) is 5.91 Å². The first-order valence-corrected chi connectivity index (χ1v) is 8.64. The van der Waals surface area contributed by atoms with Crippen molar-refractivity contribution < 1.29 is 23.8 Å². The molecule has 0 spiro atoms. The molecule has 25 heavy (non-hydrogen) atoms. The quantitative estimate of drug-likeness (QED) is 0.877. The lowest BCUT2D eigenvalue weighted by Gasteiger charge is -2.33. The predicted octanol–water partition coefficient (Wildman–Crippen LogP) is 3.49. The number of amides is 1. The van der Waals surface area contributed by atoms with Gasteiger partial charge in [-0.3, -0.25) is 9.59 Å². The number of hydrogen-bond donors (Lipinski definition) is 1. The number of carboxylic acids is 1. The van der Waals surface area contributed by atoms with E-state index in [1.54, 1.807) is 23.1 Å². The van der Waals surface area contributed by atoms with E-state index in [2.05, 4.69) is 0 Å². The summed E-state index contributed by atoms with van der Waals surface area (Å²) in [6.45, 7) is 3.09. The molecule has 2 heterocycles. The number of furan rings is 1. The Morgan fingerprint density at radius 3 is 2.72 bits per heavy atom. The van der Waals surface area contributed by atoms with Crippen LogP contribution in [0.1, 0.15) is 35.4 Å². The lowest BCUT2D eigenvalue weighted by atomic mass is 10.1. The highest BCUT2D eigenvalue weighted by Gasteiger charge is 2.30. The molecule has 1 aliphatic rings. The highest BCUT2D eigenvalue weighted by molar-refractivity contribution is 6.31. The normalized spacial score (nSPS) is 15.4. The summed E-state index contributed by atoms with van der Waals surface area (Å²) in [5.41, 5.74) is 1.31. The van der Waals surface area contributed by atoms with Crippen LogP contribution in [0.3, 0.4) is 0 Å². The van der Waals surface area contributed by atoms with E-state index < -0.39 is 5.97 Å². The minimum atomic E-state index is -0.932. The zero-order valence-electron chi connectivity index (χ0n) is 14.0. The molecule has 2 aromatic rings. The fourth-order valence-electron chi connectivity index (χ4n) is 3.19. The molecule has 1 aliphatic heterocycles. The van der Waals surface area contributed by atoms with Gasteiger partial charge in [0, 0.05) is 41.8 Å². The maximum absolute atomic E-state index is 13.1. The summed E-state index contributed by atoms with van der Waals surface area (Å²) < 4.78 is 11.1. The predicted molar refractivity (Wildman–Crippen MR) is 93.1 cm³/mol. The molecule has 1 aromatic heterocycles. The molecule has 6 nitrogen and oxygen atoms in total. The van der Waals surface area contributed by atoms with Gasteiger partial charge in [0.05, 0.1) is 6.42 Å². The number of hydrogen-bond acceptors (Lipinski definition) is 4. The van der Waals surface area contributed by atoms with Crippen LogP contribution in [0.2, 0.25) is 5.02 Å². The van der Waals surface area contributed by atoms with Gasteiger partial charge in [-0.1, -0.05) is 11.6 Å². The molecule has 0 unspecified atom stereocenters. The van der Waals surface area contributed by atoms with Gasteiger partial charge in [0.2, 0.25) is 0 Å². The summed E-state index contributed by atoms with van der Waals surface area (Å²) in [5, 5.41) is 10.4. The molecule has 1 N–H and O–H groups in total. The van der Waals surface area contributed by atoms with Crippen molar-refractivity contribution in [2.75, 3.05) is 19.8 Å². The van der Waals surface area contributed by atoms with Crippen molar-refractivity contribution in [1.29, 1.82) is 0 Å². The van der Waals surface area contributed by atoms with Crippen molar-refractivity contribution >= 4 is 34.4 Å². The Morgan fingerprint density at radius 2 is 2.04 bits per heavy atom. The smallest absolute Gasteiger partial charge is 0.305 e. The number of aryl methyl sites for hydroxylation is 1. The van der Waals surface area contributed by atoms with Crippen LogP contribution >= 0.6 is 11.6 Å². The second kappa shape index (κ2) is 7.45. The second-order valence-corrected chi connectivity index (χ2v) is 6.62. The summed E-state index contributed by atoms with van der Waals surface area (Å²) in [4.78, 5) is 25.7. The number of carboxylic acid groups (broad SMARTS) is 1. The van der Waals surface area contributed by atoms with Crippen LogP contribution in [0.4, 0.5) is 0 Å². The maximum Gasteiger partial charge on any atom is 0.305 e. The van der Waals surface area contributed by atoms with E-state index in [-0.39, 0.29) is 30.7 Å². The molecule has 3 rings (SSSR count).